The number of carbonyl (C=O) groups excluding carboxylic acids is 1. The second-order valence-corrected chi connectivity index (χ2v) is 5.47. The molecule has 0 spiro atoms. The van der Waals surface area contributed by atoms with Gasteiger partial charge in [-0.3, -0.25) is 4.79 Å². The molecule has 104 valence electrons. The molecular weight excluding hydrogens is 270 g/mol. The van der Waals surface area contributed by atoms with Crippen LogP contribution in [0.2, 0.25) is 5.02 Å². The van der Waals surface area contributed by atoms with Crippen molar-refractivity contribution < 1.29 is 4.79 Å². The van der Waals surface area contributed by atoms with Crippen LogP contribution < -0.4 is 5.32 Å². The molecule has 0 saturated carbocycles. The lowest BCUT2D eigenvalue weighted by Gasteiger charge is -2.13. The number of hydrogen-bond donors (Lipinski definition) is 1. The van der Waals surface area contributed by atoms with E-state index in [1.165, 1.54) is 0 Å². The number of benzene rings is 2. The summed E-state index contributed by atoms with van der Waals surface area (Å²) in [6.45, 7) is 4.22. The Hall–Kier alpha value is -1.80. The summed E-state index contributed by atoms with van der Waals surface area (Å²) in [5.41, 5.74) is 2.85. The number of anilines is 1. The van der Waals surface area contributed by atoms with Crippen molar-refractivity contribution in [2.45, 2.75) is 26.2 Å². The van der Waals surface area contributed by atoms with E-state index in [1.54, 1.807) is 6.07 Å². The summed E-state index contributed by atoms with van der Waals surface area (Å²) in [7, 11) is 0. The molecule has 0 radical (unpaired) electrons. The predicted molar refractivity (Wildman–Crippen MR) is 84.3 cm³/mol. The fourth-order valence-electron chi connectivity index (χ4n) is 2.12. The van der Waals surface area contributed by atoms with E-state index in [2.05, 4.69) is 19.2 Å². The Labute approximate surface area is 124 Å². The standard InChI is InChI=1S/C17H18ClNO/c1-12(2)14-8-4-6-10-16(14)19-17(20)11-13-7-3-5-9-15(13)18/h3-10,12H,11H2,1-2H3,(H,19,20). The summed E-state index contributed by atoms with van der Waals surface area (Å²) in [6, 6.07) is 15.3. The third-order valence-electron chi connectivity index (χ3n) is 3.17. The summed E-state index contributed by atoms with van der Waals surface area (Å²) in [4.78, 5) is 12.1. The van der Waals surface area contributed by atoms with Crippen molar-refractivity contribution in [1.82, 2.24) is 0 Å². The molecule has 0 atom stereocenters. The number of para-hydroxylation sites is 1. The normalized spacial score (nSPS) is 10.6. The molecule has 1 amide bonds. The zero-order valence-electron chi connectivity index (χ0n) is 11.7. The van der Waals surface area contributed by atoms with E-state index in [0.29, 0.717) is 10.9 Å². The van der Waals surface area contributed by atoms with E-state index in [4.69, 9.17) is 11.6 Å². The first-order chi connectivity index (χ1) is 9.58. The van der Waals surface area contributed by atoms with Gasteiger partial charge in [-0.25, -0.2) is 0 Å². The third-order valence-corrected chi connectivity index (χ3v) is 3.53. The maximum atomic E-state index is 12.1. The molecule has 2 aromatic rings. The average molecular weight is 288 g/mol. The van der Waals surface area contributed by atoms with Crippen molar-refractivity contribution in [2.24, 2.45) is 0 Å². The Bertz CT molecular complexity index is 607. The lowest BCUT2D eigenvalue weighted by Crippen LogP contribution is -2.16. The van der Waals surface area contributed by atoms with Gasteiger partial charge in [0.25, 0.3) is 0 Å². The number of rotatable bonds is 4. The first-order valence-corrected chi connectivity index (χ1v) is 7.08. The molecule has 0 heterocycles. The van der Waals surface area contributed by atoms with Gasteiger partial charge < -0.3 is 5.32 Å². The lowest BCUT2D eigenvalue weighted by atomic mass is 10.0. The molecular formula is C17H18ClNO. The Morgan fingerprint density at radius 2 is 1.75 bits per heavy atom. The summed E-state index contributed by atoms with van der Waals surface area (Å²) in [5, 5.41) is 3.59. The highest BCUT2D eigenvalue weighted by Crippen LogP contribution is 2.24. The zero-order valence-corrected chi connectivity index (χ0v) is 12.4. The first-order valence-electron chi connectivity index (χ1n) is 6.70. The summed E-state index contributed by atoms with van der Waals surface area (Å²) >= 11 is 6.07. The lowest BCUT2D eigenvalue weighted by molar-refractivity contribution is -0.115. The van der Waals surface area contributed by atoms with Crippen molar-refractivity contribution in [3.05, 3.63) is 64.7 Å². The highest BCUT2D eigenvalue weighted by atomic mass is 35.5. The molecule has 0 aromatic heterocycles. The molecule has 20 heavy (non-hydrogen) atoms. The van der Waals surface area contributed by atoms with Gasteiger partial charge in [-0.2, -0.15) is 0 Å². The second kappa shape index (κ2) is 6.58. The monoisotopic (exact) mass is 287 g/mol. The van der Waals surface area contributed by atoms with Gasteiger partial charge in [0.1, 0.15) is 0 Å². The van der Waals surface area contributed by atoms with Gasteiger partial charge in [0.2, 0.25) is 5.91 Å². The highest BCUT2D eigenvalue weighted by Gasteiger charge is 2.10. The maximum Gasteiger partial charge on any atom is 0.228 e. The number of amides is 1. The maximum absolute atomic E-state index is 12.1. The van der Waals surface area contributed by atoms with Crippen LogP contribution in [0.5, 0.6) is 0 Å². The van der Waals surface area contributed by atoms with Gasteiger partial charge in [0.05, 0.1) is 6.42 Å². The molecule has 0 saturated heterocycles. The minimum Gasteiger partial charge on any atom is -0.326 e. The molecule has 2 aromatic carbocycles. The number of hydrogen-bond acceptors (Lipinski definition) is 1. The molecule has 0 aliphatic rings. The van der Waals surface area contributed by atoms with Gasteiger partial charge in [-0.05, 0) is 29.2 Å². The Morgan fingerprint density at radius 3 is 2.45 bits per heavy atom. The minimum atomic E-state index is -0.0498. The van der Waals surface area contributed by atoms with E-state index in [-0.39, 0.29) is 12.3 Å². The Kier molecular flexibility index (Phi) is 4.80. The topological polar surface area (TPSA) is 29.1 Å². The van der Waals surface area contributed by atoms with Crippen LogP contribution in [0.15, 0.2) is 48.5 Å². The predicted octanol–water partition coefficient (Wildman–Crippen LogP) is 4.64. The van der Waals surface area contributed by atoms with Crippen molar-refractivity contribution >= 4 is 23.2 Å². The number of nitrogens with one attached hydrogen (secondary N) is 1. The number of carbonyl (C=O) groups is 1. The molecule has 0 fully saturated rings. The Balaban J connectivity index is 2.11. The van der Waals surface area contributed by atoms with Gasteiger partial charge >= 0.3 is 0 Å². The second-order valence-electron chi connectivity index (χ2n) is 5.06. The van der Waals surface area contributed by atoms with Gasteiger partial charge in [0, 0.05) is 10.7 Å². The first kappa shape index (κ1) is 14.6. The van der Waals surface area contributed by atoms with Crippen LogP contribution in [-0.4, -0.2) is 5.91 Å². The SMILES string of the molecule is CC(C)c1ccccc1NC(=O)Cc1ccccc1Cl. The van der Waals surface area contributed by atoms with Crippen LogP contribution in [0.4, 0.5) is 5.69 Å². The fraction of sp³-hybridized carbons (Fsp3) is 0.235. The van der Waals surface area contributed by atoms with Crippen molar-refractivity contribution in [3.8, 4) is 0 Å². The quantitative estimate of drug-likeness (QED) is 0.872. The van der Waals surface area contributed by atoms with Crippen molar-refractivity contribution in [3.63, 3.8) is 0 Å². The van der Waals surface area contributed by atoms with Crippen molar-refractivity contribution in [1.29, 1.82) is 0 Å². The Morgan fingerprint density at radius 1 is 1.10 bits per heavy atom. The van der Waals surface area contributed by atoms with Crippen LogP contribution >= 0.6 is 11.6 Å². The zero-order chi connectivity index (χ0) is 14.5. The molecule has 0 unspecified atom stereocenters. The molecule has 0 aliphatic carbocycles. The third kappa shape index (κ3) is 3.61. The number of halogens is 1. The van der Waals surface area contributed by atoms with Crippen LogP contribution in [0.1, 0.15) is 30.9 Å². The van der Waals surface area contributed by atoms with Crippen molar-refractivity contribution in [2.75, 3.05) is 5.32 Å². The summed E-state index contributed by atoms with van der Waals surface area (Å²) in [6.07, 6.45) is 0.284. The molecule has 2 rings (SSSR count). The van der Waals surface area contributed by atoms with E-state index in [1.807, 2.05) is 42.5 Å². The molecule has 0 aliphatic heterocycles. The van der Waals surface area contributed by atoms with Crippen LogP contribution in [-0.2, 0) is 11.2 Å². The fourth-order valence-corrected chi connectivity index (χ4v) is 2.33. The summed E-state index contributed by atoms with van der Waals surface area (Å²) in [5.74, 6) is 0.318. The summed E-state index contributed by atoms with van der Waals surface area (Å²) < 4.78 is 0. The minimum absolute atomic E-state index is 0.0498. The molecule has 2 nitrogen and oxygen atoms in total. The molecule has 3 heteroatoms. The molecule has 0 bridgehead atoms. The van der Waals surface area contributed by atoms with Gasteiger partial charge in [-0.15, -0.1) is 0 Å². The van der Waals surface area contributed by atoms with E-state index in [9.17, 15) is 4.79 Å². The largest absolute Gasteiger partial charge is 0.326 e. The van der Waals surface area contributed by atoms with E-state index < -0.39 is 0 Å². The smallest absolute Gasteiger partial charge is 0.228 e. The van der Waals surface area contributed by atoms with Gasteiger partial charge in [0.15, 0.2) is 0 Å². The molecule has 1 N–H and O–H groups in total. The highest BCUT2D eigenvalue weighted by molar-refractivity contribution is 6.31. The van der Waals surface area contributed by atoms with Crippen LogP contribution in [0, 0.1) is 0 Å². The van der Waals surface area contributed by atoms with Gasteiger partial charge in [-0.1, -0.05) is 61.8 Å². The van der Waals surface area contributed by atoms with E-state index in [0.717, 1.165) is 16.8 Å². The van der Waals surface area contributed by atoms with Crippen LogP contribution in [0.3, 0.4) is 0 Å². The van der Waals surface area contributed by atoms with E-state index >= 15 is 0 Å². The van der Waals surface area contributed by atoms with Crippen LogP contribution in [0.25, 0.3) is 0 Å². The average Bonchev–Trinajstić information content (AvgIpc) is 2.41.